The monoisotopic (exact) mass is 285 g/mol. The molecule has 0 aliphatic heterocycles. The standard InChI is InChI=1S/C12H19N3O3S/c1-7-5-6-9(13)8(2)10(7)19(17,18)15-12(3,4)11(14)16/h5-6,15H,13H2,1-4H3,(H2,14,16). The maximum absolute atomic E-state index is 12.4. The minimum atomic E-state index is -3.88. The molecule has 0 aromatic heterocycles. The van der Waals surface area contributed by atoms with Crippen LogP contribution in [-0.2, 0) is 14.8 Å². The molecule has 19 heavy (non-hydrogen) atoms. The van der Waals surface area contributed by atoms with Gasteiger partial charge >= 0.3 is 0 Å². The summed E-state index contributed by atoms with van der Waals surface area (Å²) in [5.41, 5.74) is 10.9. The lowest BCUT2D eigenvalue weighted by atomic mass is 10.1. The van der Waals surface area contributed by atoms with Gasteiger partial charge in [0.25, 0.3) is 0 Å². The van der Waals surface area contributed by atoms with Crippen LogP contribution in [-0.4, -0.2) is 19.9 Å². The number of hydrogen-bond acceptors (Lipinski definition) is 4. The molecule has 5 N–H and O–H groups in total. The van der Waals surface area contributed by atoms with Crippen LogP contribution < -0.4 is 16.2 Å². The zero-order valence-electron chi connectivity index (χ0n) is 11.4. The Balaban J connectivity index is 3.38. The number of anilines is 1. The highest BCUT2D eigenvalue weighted by atomic mass is 32.2. The van der Waals surface area contributed by atoms with Crippen LogP contribution in [0.2, 0.25) is 0 Å². The lowest BCUT2D eigenvalue weighted by Gasteiger charge is -2.23. The van der Waals surface area contributed by atoms with E-state index in [-0.39, 0.29) is 4.90 Å². The maximum atomic E-state index is 12.4. The fraction of sp³-hybridized carbons (Fsp3) is 0.417. The first-order chi connectivity index (χ1) is 8.49. The van der Waals surface area contributed by atoms with Gasteiger partial charge in [-0.15, -0.1) is 0 Å². The van der Waals surface area contributed by atoms with Crippen LogP contribution in [0.4, 0.5) is 5.69 Å². The fourth-order valence-corrected chi connectivity index (χ4v) is 3.58. The molecule has 0 bridgehead atoms. The van der Waals surface area contributed by atoms with Gasteiger partial charge in [-0.1, -0.05) is 6.07 Å². The molecule has 6 nitrogen and oxygen atoms in total. The Bertz CT molecular complexity index is 621. The molecule has 0 aliphatic rings. The summed E-state index contributed by atoms with van der Waals surface area (Å²) in [5.74, 6) is -0.754. The number of nitrogens with two attached hydrogens (primary N) is 2. The van der Waals surface area contributed by atoms with E-state index >= 15 is 0 Å². The second-order valence-electron chi connectivity index (χ2n) is 5.02. The average molecular weight is 285 g/mol. The van der Waals surface area contributed by atoms with Crippen LogP contribution in [0, 0.1) is 13.8 Å². The molecule has 0 unspecified atom stereocenters. The summed E-state index contributed by atoms with van der Waals surface area (Å²) in [6.45, 7) is 6.10. The van der Waals surface area contributed by atoms with Crippen molar-refractivity contribution in [2.75, 3.05) is 5.73 Å². The third-order valence-electron chi connectivity index (χ3n) is 2.92. The Kier molecular flexibility index (Phi) is 3.92. The summed E-state index contributed by atoms with van der Waals surface area (Å²) in [4.78, 5) is 11.3. The van der Waals surface area contributed by atoms with Crippen molar-refractivity contribution in [3.05, 3.63) is 23.3 Å². The molecule has 0 fully saturated rings. The van der Waals surface area contributed by atoms with Crippen molar-refractivity contribution in [1.82, 2.24) is 4.72 Å². The first kappa shape index (κ1) is 15.5. The van der Waals surface area contributed by atoms with Crippen molar-refractivity contribution < 1.29 is 13.2 Å². The predicted octanol–water partition coefficient (Wildman–Crippen LogP) is 0.428. The molecule has 1 aromatic rings. The minimum Gasteiger partial charge on any atom is -0.398 e. The molecule has 0 radical (unpaired) electrons. The number of carbonyl (C=O) groups is 1. The first-order valence-corrected chi connectivity index (χ1v) is 7.17. The fourth-order valence-electron chi connectivity index (χ4n) is 1.69. The van der Waals surface area contributed by atoms with Crippen LogP contribution in [0.5, 0.6) is 0 Å². The van der Waals surface area contributed by atoms with Crippen LogP contribution in [0.15, 0.2) is 17.0 Å². The Hall–Kier alpha value is -1.60. The van der Waals surface area contributed by atoms with Gasteiger partial charge in [0, 0.05) is 5.69 Å². The lowest BCUT2D eigenvalue weighted by Crippen LogP contribution is -2.53. The summed E-state index contributed by atoms with van der Waals surface area (Å²) in [6, 6.07) is 3.26. The Morgan fingerprint density at radius 2 is 1.79 bits per heavy atom. The van der Waals surface area contributed by atoms with Gasteiger partial charge in [0.1, 0.15) is 5.54 Å². The second kappa shape index (κ2) is 4.82. The number of rotatable bonds is 4. The van der Waals surface area contributed by atoms with Gasteiger partial charge < -0.3 is 11.5 Å². The average Bonchev–Trinajstić information content (AvgIpc) is 2.22. The normalized spacial score (nSPS) is 12.4. The molecule has 1 amide bonds. The number of aryl methyl sites for hydroxylation is 1. The summed E-state index contributed by atoms with van der Waals surface area (Å²) in [5, 5.41) is 0. The van der Waals surface area contributed by atoms with Gasteiger partial charge in [-0.3, -0.25) is 4.79 Å². The first-order valence-electron chi connectivity index (χ1n) is 5.68. The van der Waals surface area contributed by atoms with Crippen molar-refractivity contribution in [3.63, 3.8) is 0 Å². The van der Waals surface area contributed by atoms with E-state index < -0.39 is 21.5 Å². The molecule has 1 aromatic carbocycles. The van der Waals surface area contributed by atoms with Crippen LogP contribution >= 0.6 is 0 Å². The Labute approximate surface area is 113 Å². The van der Waals surface area contributed by atoms with E-state index in [2.05, 4.69) is 4.72 Å². The number of primary amides is 1. The molecule has 0 aliphatic carbocycles. The van der Waals surface area contributed by atoms with E-state index in [1.165, 1.54) is 13.8 Å². The van der Waals surface area contributed by atoms with Crippen molar-refractivity contribution in [2.24, 2.45) is 5.73 Å². The van der Waals surface area contributed by atoms with Gasteiger partial charge in [0.2, 0.25) is 15.9 Å². The number of amides is 1. The van der Waals surface area contributed by atoms with Gasteiger partial charge in [0.05, 0.1) is 4.90 Å². The second-order valence-corrected chi connectivity index (χ2v) is 6.64. The highest BCUT2D eigenvalue weighted by Gasteiger charge is 2.33. The molecule has 0 spiro atoms. The molecule has 0 saturated carbocycles. The number of nitrogen functional groups attached to an aromatic ring is 1. The number of nitrogens with one attached hydrogen (secondary N) is 1. The van der Waals surface area contributed by atoms with Crippen molar-refractivity contribution in [1.29, 1.82) is 0 Å². The van der Waals surface area contributed by atoms with Crippen LogP contribution in [0.3, 0.4) is 0 Å². The molecule has 0 atom stereocenters. The predicted molar refractivity (Wildman–Crippen MR) is 73.9 cm³/mol. The largest absolute Gasteiger partial charge is 0.398 e. The molecule has 0 heterocycles. The van der Waals surface area contributed by atoms with Crippen molar-refractivity contribution >= 4 is 21.6 Å². The smallest absolute Gasteiger partial charge is 0.242 e. The van der Waals surface area contributed by atoms with E-state index in [1.807, 2.05) is 0 Å². The van der Waals surface area contributed by atoms with Crippen molar-refractivity contribution in [3.8, 4) is 0 Å². The van der Waals surface area contributed by atoms with Gasteiger partial charge in [0.15, 0.2) is 0 Å². The van der Waals surface area contributed by atoms with Gasteiger partial charge in [-0.25, -0.2) is 8.42 Å². The van der Waals surface area contributed by atoms with E-state index in [0.29, 0.717) is 16.8 Å². The third kappa shape index (κ3) is 3.05. The molecular formula is C12H19N3O3S. The molecule has 0 saturated heterocycles. The Morgan fingerprint density at radius 3 is 2.26 bits per heavy atom. The van der Waals surface area contributed by atoms with E-state index in [1.54, 1.807) is 26.0 Å². The SMILES string of the molecule is Cc1ccc(N)c(C)c1S(=O)(=O)NC(C)(C)C(N)=O. The van der Waals surface area contributed by atoms with Crippen LogP contribution in [0.1, 0.15) is 25.0 Å². The molecule has 7 heteroatoms. The summed E-state index contributed by atoms with van der Waals surface area (Å²) < 4.78 is 27.0. The zero-order chi connectivity index (χ0) is 15.0. The molecular weight excluding hydrogens is 266 g/mol. The summed E-state index contributed by atoms with van der Waals surface area (Å²) >= 11 is 0. The number of carbonyl (C=O) groups excluding carboxylic acids is 1. The van der Waals surface area contributed by atoms with E-state index in [0.717, 1.165) is 0 Å². The van der Waals surface area contributed by atoms with E-state index in [4.69, 9.17) is 11.5 Å². The maximum Gasteiger partial charge on any atom is 0.242 e. The number of hydrogen-bond donors (Lipinski definition) is 3. The highest BCUT2D eigenvalue weighted by Crippen LogP contribution is 2.25. The molecule has 1 rings (SSSR count). The lowest BCUT2D eigenvalue weighted by molar-refractivity contribution is -0.122. The number of sulfonamides is 1. The number of benzene rings is 1. The van der Waals surface area contributed by atoms with E-state index in [9.17, 15) is 13.2 Å². The topological polar surface area (TPSA) is 115 Å². The summed E-state index contributed by atoms with van der Waals surface area (Å²) in [7, 11) is -3.88. The van der Waals surface area contributed by atoms with Crippen molar-refractivity contribution in [2.45, 2.75) is 38.1 Å². The van der Waals surface area contributed by atoms with Gasteiger partial charge in [-0.2, -0.15) is 4.72 Å². The van der Waals surface area contributed by atoms with Gasteiger partial charge in [-0.05, 0) is 44.9 Å². The molecule has 106 valence electrons. The Morgan fingerprint density at radius 1 is 1.26 bits per heavy atom. The minimum absolute atomic E-state index is 0.0850. The zero-order valence-corrected chi connectivity index (χ0v) is 12.3. The third-order valence-corrected chi connectivity index (χ3v) is 4.86. The summed E-state index contributed by atoms with van der Waals surface area (Å²) in [6.07, 6.45) is 0. The highest BCUT2D eigenvalue weighted by molar-refractivity contribution is 7.89. The quantitative estimate of drug-likeness (QED) is 0.695. The van der Waals surface area contributed by atoms with Crippen LogP contribution in [0.25, 0.3) is 0 Å².